The van der Waals surface area contributed by atoms with E-state index in [1.165, 1.54) is 32.1 Å². The van der Waals surface area contributed by atoms with E-state index in [4.69, 9.17) is 0 Å². The minimum atomic E-state index is 0.176. The van der Waals surface area contributed by atoms with Gasteiger partial charge in [-0.25, -0.2) is 0 Å². The number of pyridine rings is 1. The quantitative estimate of drug-likeness (QED) is 0.917. The molecule has 3 nitrogen and oxygen atoms in total. The Labute approximate surface area is 120 Å². The zero-order valence-electron chi connectivity index (χ0n) is 11.8. The first-order chi connectivity index (χ1) is 9.78. The van der Waals surface area contributed by atoms with Gasteiger partial charge in [-0.3, -0.25) is 9.78 Å². The summed E-state index contributed by atoms with van der Waals surface area (Å²) in [5.74, 6) is 3.61. The van der Waals surface area contributed by atoms with Gasteiger partial charge in [-0.2, -0.15) is 0 Å². The summed E-state index contributed by atoms with van der Waals surface area (Å²) in [5.41, 5.74) is 1.01. The Morgan fingerprint density at radius 2 is 1.85 bits per heavy atom. The van der Waals surface area contributed by atoms with E-state index >= 15 is 0 Å². The average Bonchev–Trinajstić information content (AvgIpc) is 2.43. The predicted molar refractivity (Wildman–Crippen MR) is 76.9 cm³/mol. The molecule has 5 rings (SSSR count). The van der Waals surface area contributed by atoms with Crippen LogP contribution in [0.5, 0.6) is 0 Å². The number of nitrogens with one attached hydrogen (secondary N) is 1. The van der Waals surface area contributed by atoms with Gasteiger partial charge in [0.15, 0.2) is 0 Å². The van der Waals surface area contributed by atoms with Gasteiger partial charge in [-0.05, 0) is 67.4 Å². The van der Waals surface area contributed by atoms with Gasteiger partial charge in [0.2, 0.25) is 5.91 Å². The van der Waals surface area contributed by atoms with Crippen molar-refractivity contribution in [3.8, 4) is 0 Å². The number of amides is 1. The summed E-state index contributed by atoms with van der Waals surface area (Å²) in [6, 6.07) is 4.32. The number of hydrogen-bond acceptors (Lipinski definition) is 2. The van der Waals surface area contributed by atoms with Crippen LogP contribution in [0.4, 0.5) is 0 Å². The summed E-state index contributed by atoms with van der Waals surface area (Å²) in [6.45, 7) is 0. The van der Waals surface area contributed by atoms with E-state index in [2.05, 4.69) is 10.3 Å². The van der Waals surface area contributed by atoms with Gasteiger partial charge >= 0.3 is 0 Å². The zero-order valence-corrected chi connectivity index (χ0v) is 11.8. The van der Waals surface area contributed by atoms with Crippen molar-refractivity contribution in [1.82, 2.24) is 10.3 Å². The second-order valence-electron chi connectivity index (χ2n) is 7.06. The standard InChI is InChI=1S/C17H22N2O/c20-16(9-11-2-1-3-18-10-11)19-17-14-5-12-4-13(7-14)8-15(17)6-12/h1-3,10,12-15,17H,4-9H2,(H,19,20). The van der Waals surface area contributed by atoms with Crippen LogP contribution in [0.25, 0.3) is 0 Å². The van der Waals surface area contributed by atoms with Crippen molar-refractivity contribution >= 4 is 5.91 Å². The molecule has 1 heterocycles. The smallest absolute Gasteiger partial charge is 0.224 e. The predicted octanol–water partition coefficient (Wildman–Crippen LogP) is 2.57. The Kier molecular flexibility index (Phi) is 3.01. The van der Waals surface area contributed by atoms with Crippen molar-refractivity contribution in [1.29, 1.82) is 0 Å². The Morgan fingerprint density at radius 3 is 2.45 bits per heavy atom. The summed E-state index contributed by atoms with van der Waals surface area (Å²) < 4.78 is 0. The molecule has 0 atom stereocenters. The molecular formula is C17H22N2O. The van der Waals surface area contributed by atoms with Crippen LogP contribution in [0, 0.1) is 23.7 Å². The minimum Gasteiger partial charge on any atom is -0.353 e. The van der Waals surface area contributed by atoms with Gasteiger partial charge in [0.1, 0.15) is 0 Å². The Bertz CT molecular complexity index is 471. The van der Waals surface area contributed by atoms with Crippen LogP contribution in [0.1, 0.15) is 37.7 Å². The minimum absolute atomic E-state index is 0.176. The molecule has 1 aromatic heterocycles. The summed E-state index contributed by atoms with van der Waals surface area (Å²) in [4.78, 5) is 16.3. The molecule has 0 aromatic carbocycles. The molecule has 4 aliphatic rings. The highest BCUT2D eigenvalue weighted by Gasteiger charge is 2.48. The van der Waals surface area contributed by atoms with Crippen LogP contribution < -0.4 is 5.32 Å². The normalized spacial score (nSPS) is 37.9. The summed E-state index contributed by atoms with van der Waals surface area (Å²) >= 11 is 0. The fourth-order valence-corrected chi connectivity index (χ4v) is 5.09. The largest absolute Gasteiger partial charge is 0.353 e. The molecule has 20 heavy (non-hydrogen) atoms. The van der Waals surface area contributed by atoms with E-state index in [1.54, 1.807) is 12.4 Å². The lowest BCUT2D eigenvalue weighted by molar-refractivity contribution is -0.124. The number of aromatic nitrogens is 1. The highest BCUT2D eigenvalue weighted by atomic mass is 16.1. The first kappa shape index (κ1) is 12.4. The highest BCUT2D eigenvalue weighted by Crippen LogP contribution is 2.53. The van der Waals surface area contributed by atoms with E-state index in [0.717, 1.165) is 29.2 Å². The maximum atomic E-state index is 12.3. The number of carbonyl (C=O) groups is 1. The maximum absolute atomic E-state index is 12.3. The molecule has 4 aliphatic carbocycles. The van der Waals surface area contributed by atoms with Crippen LogP contribution in [-0.4, -0.2) is 16.9 Å². The molecule has 4 saturated carbocycles. The molecule has 0 aliphatic heterocycles. The highest BCUT2D eigenvalue weighted by molar-refractivity contribution is 5.78. The van der Waals surface area contributed by atoms with Crippen molar-refractivity contribution in [2.45, 2.75) is 44.6 Å². The van der Waals surface area contributed by atoms with Gasteiger partial charge < -0.3 is 5.32 Å². The van der Waals surface area contributed by atoms with Crippen LogP contribution >= 0.6 is 0 Å². The van der Waals surface area contributed by atoms with Crippen molar-refractivity contribution in [2.75, 3.05) is 0 Å². The average molecular weight is 270 g/mol. The summed E-state index contributed by atoms with van der Waals surface area (Å²) in [5, 5.41) is 3.34. The molecular weight excluding hydrogens is 248 g/mol. The maximum Gasteiger partial charge on any atom is 0.224 e. The topological polar surface area (TPSA) is 42.0 Å². The Morgan fingerprint density at radius 1 is 1.15 bits per heavy atom. The van der Waals surface area contributed by atoms with Gasteiger partial charge in [0.05, 0.1) is 6.42 Å². The zero-order chi connectivity index (χ0) is 13.5. The fourth-order valence-electron chi connectivity index (χ4n) is 5.09. The second-order valence-corrected chi connectivity index (χ2v) is 7.06. The number of rotatable bonds is 3. The van der Waals surface area contributed by atoms with Crippen LogP contribution in [0.2, 0.25) is 0 Å². The van der Waals surface area contributed by atoms with E-state index in [1.807, 2.05) is 12.1 Å². The first-order valence-electron chi connectivity index (χ1n) is 7.96. The van der Waals surface area contributed by atoms with E-state index in [-0.39, 0.29) is 5.91 Å². The third-order valence-corrected chi connectivity index (χ3v) is 5.64. The van der Waals surface area contributed by atoms with Crippen molar-refractivity contribution < 1.29 is 4.79 Å². The monoisotopic (exact) mass is 270 g/mol. The lowest BCUT2D eigenvalue weighted by atomic mass is 9.54. The molecule has 0 saturated heterocycles. The fraction of sp³-hybridized carbons (Fsp3) is 0.647. The van der Waals surface area contributed by atoms with E-state index in [9.17, 15) is 4.79 Å². The lowest BCUT2D eigenvalue weighted by Gasteiger charge is -2.54. The summed E-state index contributed by atoms with van der Waals surface area (Å²) in [6.07, 6.45) is 10.9. The van der Waals surface area contributed by atoms with E-state index < -0.39 is 0 Å². The Balaban J connectivity index is 1.40. The molecule has 0 radical (unpaired) electrons. The van der Waals surface area contributed by atoms with Crippen LogP contribution in [0.3, 0.4) is 0 Å². The third-order valence-electron chi connectivity index (χ3n) is 5.64. The second kappa shape index (κ2) is 4.87. The molecule has 1 amide bonds. The van der Waals surface area contributed by atoms with Crippen molar-refractivity contribution in [3.63, 3.8) is 0 Å². The first-order valence-corrected chi connectivity index (χ1v) is 7.96. The molecule has 0 spiro atoms. The molecule has 3 heteroatoms. The van der Waals surface area contributed by atoms with Crippen LogP contribution in [-0.2, 0) is 11.2 Å². The number of nitrogens with zero attached hydrogens (tertiary/aromatic N) is 1. The van der Waals surface area contributed by atoms with Crippen molar-refractivity contribution in [3.05, 3.63) is 30.1 Å². The lowest BCUT2D eigenvalue weighted by Crippen LogP contribution is -2.56. The van der Waals surface area contributed by atoms with Gasteiger partial charge in [-0.15, -0.1) is 0 Å². The van der Waals surface area contributed by atoms with Gasteiger partial charge in [0.25, 0.3) is 0 Å². The molecule has 106 valence electrons. The molecule has 4 bridgehead atoms. The van der Waals surface area contributed by atoms with E-state index in [0.29, 0.717) is 12.5 Å². The number of hydrogen-bond donors (Lipinski definition) is 1. The Hall–Kier alpha value is -1.38. The summed E-state index contributed by atoms with van der Waals surface area (Å²) in [7, 11) is 0. The third kappa shape index (κ3) is 2.23. The molecule has 1 N–H and O–H groups in total. The molecule has 0 unspecified atom stereocenters. The molecule has 4 fully saturated rings. The van der Waals surface area contributed by atoms with Gasteiger partial charge in [0, 0.05) is 18.4 Å². The number of carbonyl (C=O) groups excluding carboxylic acids is 1. The van der Waals surface area contributed by atoms with Gasteiger partial charge in [-0.1, -0.05) is 6.07 Å². The van der Waals surface area contributed by atoms with Crippen molar-refractivity contribution in [2.24, 2.45) is 23.7 Å². The van der Waals surface area contributed by atoms with Crippen LogP contribution in [0.15, 0.2) is 24.5 Å². The SMILES string of the molecule is O=C(Cc1cccnc1)NC1C2CC3CC(C2)CC1C3. The molecule has 1 aromatic rings.